The van der Waals surface area contributed by atoms with Gasteiger partial charge in [0.05, 0.1) is 18.6 Å². The molecular formula is C10H18O4. The van der Waals surface area contributed by atoms with Crippen LogP contribution in [0.15, 0.2) is 0 Å². The summed E-state index contributed by atoms with van der Waals surface area (Å²) in [7, 11) is 0. The van der Waals surface area contributed by atoms with E-state index in [4.69, 9.17) is 4.74 Å². The molecule has 0 spiro atoms. The van der Waals surface area contributed by atoms with Crippen LogP contribution >= 0.6 is 0 Å². The molecule has 0 aliphatic heterocycles. The molecule has 0 amide bonds. The van der Waals surface area contributed by atoms with Crippen molar-refractivity contribution in [2.24, 2.45) is 5.41 Å². The van der Waals surface area contributed by atoms with Gasteiger partial charge in [-0.05, 0) is 20.8 Å². The minimum atomic E-state index is -0.471. The Morgan fingerprint density at radius 2 is 1.57 bits per heavy atom. The summed E-state index contributed by atoms with van der Waals surface area (Å²) in [6, 6.07) is 0. The van der Waals surface area contributed by atoms with Crippen LogP contribution in [-0.2, 0) is 19.1 Å². The molecule has 4 nitrogen and oxygen atoms in total. The molecule has 0 fully saturated rings. The van der Waals surface area contributed by atoms with E-state index in [1.165, 1.54) is 6.92 Å². The van der Waals surface area contributed by atoms with Crippen molar-refractivity contribution in [2.45, 2.75) is 34.1 Å². The summed E-state index contributed by atoms with van der Waals surface area (Å²) in [5, 5.41) is 0. The number of hydrogen-bond donors (Lipinski definition) is 0. The van der Waals surface area contributed by atoms with Crippen LogP contribution in [0.4, 0.5) is 0 Å². The third-order valence-electron chi connectivity index (χ3n) is 1.44. The normalized spacial score (nSPS) is 10.9. The maximum atomic E-state index is 11.2. The molecule has 4 heteroatoms. The average molecular weight is 202 g/mol. The molecular weight excluding hydrogens is 184 g/mol. The van der Waals surface area contributed by atoms with E-state index in [0.717, 1.165) is 0 Å². The fourth-order valence-electron chi connectivity index (χ4n) is 0.656. The quantitative estimate of drug-likeness (QED) is 0.512. The number of carbonyl (C=O) groups excluding carboxylic acids is 2. The molecule has 0 saturated carbocycles. The zero-order valence-electron chi connectivity index (χ0n) is 9.25. The van der Waals surface area contributed by atoms with Gasteiger partial charge in [-0.3, -0.25) is 9.59 Å². The second kappa shape index (κ2) is 5.62. The van der Waals surface area contributed by atoms with E-state index < -0.39 is 5.41 Å². The smallest absolute Gasteiger partial charge is 0.311 e. The lowest BCUT2D eigenvalue weighted by atomic mass is 9.97. The van der Waals surface area contributed by atoms with Crippen molar-refractivity contribution in [1.82, 2.24) is 0 Å². The third-order valence-corrected chi connectivity index (χ3v) is 1.44. The first-order chi connectivity index (χ1) is 6.34. The lowest BCUT2D eigenvalue weighted by molar-refractivity contribution is -0.153. The lowest BCUT2D eigenvalue weighted by Gasteiger charge is -2.16. The van der Waals surface area contributed by atoms with Gasteiger partial charge in [-0.1, -0.05) is 0 Å². The third kappa shape index (κ3) is 6.46. The zero-order chi connectivity index (χ0) is 11.2. The number of rotatable bonds is 4. The van der Waals surface area contributed by atoms with Crippen LogP contribution in [0, 0.1) is 5.41 Å². The molecule has 0 atom stereocenters. The van der Waals surface area contributed by atoms with Gasteiger partial charge in [-0.25, -0.2) is 0 Å². The molecule has 0 unspecified atom stereocenters. The van der Waals surface area contributed by atoms with Gasteiger partial charge in [-0.15, -0.1) is 0 Å². The van der Waals surface area contributed by atoms with Crippen molar-refractivity contribution in [1.29, 1.82) is 0 Å². The van der Waals surface area contributed by atoms with Gasteiger partial charge in [0.2, 0.25) is 0 Å². The Balaban J connectivity index is 3.46. The fraction of sp³-hybridized carbons (Fsp3) is 0.800. The molecule has 0 saturated heterocycles. The van der Waals surface area contributed by atoms with E-state index in [9.17, 15) is 9.59 Å². The van der Waals surface area contributed by atoms with Gasteiger partial charge in [0.1, 0.15) is 0 Å². The summed E-state index contributed by atoms with van der Waals surface area (Å²) in [6.07, 6.45) is 0.543. The second-order valence-corrected chi connectivity index (χ2v) is 4.08. The maximum Gasteiger partial charge on any atom is 0.311 e. The monoisotopic (exact) mass is 202 g/mol. The lowest BCUT2D eigenvalue weighted by Crippen LogP contribution is -2.23. The van der Waals surface area contributed by atoms with Crippen LogP contribution in [-0.4, -0.2) is 25.2 Å². The van der Waals surface area contributed by atoms with Crippen molar-refractivity contribution < 1.29 is 19.1 Å². The number of ether oxygens (including phenoxy) is 2. The molecule has 0 radical (unpaired) electrons. The van der Waals surface area contributed by atoms with Crippen molar-refractivity contribution in [2.75, 3.05) is 13.2 Å². The largest absolute Gasteiger partial charge is 0.466 e. The minimum absolute atomic E-state index is 0.236. The highest BCUT2D eigenvalue weighted by Gasteiger charge is 2.22. The Hall–Kier alpha value is -1.06. The van der Waals surface area contributed by atoms with Gasteiger partial charge in [0.15, 0.2) is 0 Å². The van der Waals surface area contributed by atoms with Crippen molar-refractivity contribution in [3.05, 3.63) is 0 Å². The molecule has 0 rings (SSSR count). The molecule has 0 aromatic heterocycles. The molecule has 14 heavy (non-hydrogen) atoms. The predicted molar refractivity (Wildman–Crippen MR) is 51.7 cm³/mol. The summed E-state index contributed by atoms with van der Waals surface area (Å²) in [5.41, 5.74) is -0.471. The zero-order valence-corrected chi connectivity index (χ0v) is 9.25. The molecule has 0 aliphatic rings. The standard InChI is InChI=1S/C10H18O4/c1-8(11)13-6-5-7-14-9(12)10(2,3)4/h5-7H2,1-4H3. The van der Waals surface area contributed by atoms with Crippen molar-refractivity contribution in [3.63, 3.8) is 0 Å². The molecule has 0 aromatic carbocycles. The SMILES string of the molecule is CC(=O)OCCCOC(=O)C(C)(C)C. The topological polar surface area (TPSA) is 52.6 Å². The molecule has 0 N–H and O–H groups in total. The highest BCUT2D eigenvalue weighted by atomic mass is 16.5. The van der Waals surface area contributed by atoms with Crippen LogP contribution in [0.25, 0.3) is 0 Å². The van der Waals surface area contributed by atoms with E-state index in [1.54, 1.807) is 20.8 Å². The molecule has 82 valence electrons. The molecule has 0 heterocycles. The molecule has 0 aromatic rings. The minimum Gasteiger partial charge on any atom is -0.466 e. The predicted octanol–water partition coefficient (Wildman–Crippen LogP) is 1.53. The highest BCUT2D eigenvalue weighted by Crippen LogP contribution is 2.14. The Morgan fingerprint density at radius 3 is 2.00 bits per heavy atom. The number of esters is 2. The first kappa shape index (κ1) is 12.9. The van der Waals surface area contributed by atoms with Gasteiger partial charge >= 0.3 is 11.9 Å². The van der Waals surface area contributed by atoms with Crippen LogP contribution < -0.4 is 0 Å². The van der Waals surface area contributed by atoms with Crippen molar-refractivity contribution >= 4 is 11.9 Å². The first-order valence-corrected chi connectivity index (χ1v) is 4.64. The van der Waals surface area contributed by atoms with Gasteiger partial charge in [0.25, 0.3) is 0 Å². The second-order valence-electron chi connectivity index (χ2n) is 4.08. The van der Waals surface area contributed by atoms with E-state index in [1.807, 2.05) is 0 Å². The number of hydrogen-bond acceptors (Lipinski definition) is 4. The first-order valence-electron chi connectivity index (χ1n) is 4.64. The van der Waals surface area contributed by atoms with E-state index in [2.05, 4.69) is 4.74 Å². The van der Waals surface area contributed by atoms with Gasteiger partial charge < -0.3 is 9.47 Å². The molecule has 0 bridgehead atoms. The van der Waals surface area contributed by atoms with Crippen LogP contribution in [0.1, 0.15) is 34.1 Å². The highest BCUT2D eigenvalue weighted by molar-refractivity contribution is 5.75. The van der Waals surface area contributed by atoms with E-state index in [0.29, 0.717) is 19.6 Å². The Bertz CT molecular complexity index is 203. The van der Waals surface area contributed by atoms with Gasteiger partial charge in [-0.2, -0.15) is 0 Å². The molecule has 0 aliphatic carbocycles. The number of carbonyl (C=O) groups is 2. The fourth-order valence-corrected chi connectivity index (χ4v) is 0.656. The average Bonchev–Trinajstić information content (AvgIpc) is 2.01. The Kier molecular flexibility index (Phi) is 5.20. The summed E-state index contributed by atoms with van der Waals surface area (Å²) in [5.74, 6) is -0.549. The maximum absolute atomic E-state index is 11.2. The van der Waals surface area contributed by atoms with Crippen LogP contribution in [0.5, 0.6) is 0 Å². The Morgan fingerprint density at radius 1 is 1.07 bits per heavy atom. The summed E-state index contributed by atoms with van der Waals surface area (Å²) in [4.78, 5) is 21.6. The Labute approximate surface area is 84.6 Å². The summed E-state index contributed by atoms with van der Waals surface area (Å²) in [6.45, 7) is 7.32. The van der Waals surface area contributed by atoms with E-state index in [-0.39, 0.29) is 11.9 Å². The van der Waals surface area contributed by atoms with Crippen molar-refractivity contribution in [3.8, 4) is 0 Å². The van der Waals surface area contributed by atoms with E-state index >= 15 is 0 Å². The van der Waals surface area contributed by atoms with Crippen LogP contribution in [0.2, 0.25) is 0 Å². The summed E-state index contributed by atoms with van der Waals surface area (Å²) < 4.78 is 9.64. The van der Waals surface area contributed by atoms with Gasteiger partial charge in [0, 0.05) is 13.3 Å². The van der Waals surface area contributed by atoms with Crippen LogP contribution in [0.3, 0.4) is 0 Å². The summed E-state index contributed by atoms with van der Waals surface area (Å²) >= 11 is 0.